The van der Waals surface area contributed by atoms with E-state index in [0.29, 0.717) is 52.6 Å². The third-order valence-corrected chi connectivity index (χ3v) is 5.04. The molecule has 1 heterocycles. The Kier molecular flexibility index (Phi) is 6.70. The lowest BCUT2D eigenvalue weighted by Gasteiger charge is -2.29. The van der Waals surface area contributed by atoms with Crippen molar-refractivity contribution in [2.75, 3.05) is 31.4 Å². The highest BCUT2D eigenvalue weighted by molar-refractivity contribution is 5.92. The molecule has 2 aromatic carbocycles. The summed E-state index contributed by atoms with van der Waals surface area (Å²) >= 11 is 0. The molecule has 174 valence electrons. The van der Waals surface area contributed by atoms with Crippen LogP contribution in [0.3, 0.4) is 0 Å². The molecule has 3 N–H and O–H groups in total. The number of nitrogens with one attached hydrogen (secondary N) is 1. The molecule has 0 radical (unpaired) electrons. The highest BCUT2D eigenvalue weighted by Gasteiger charge is 2.33. The largest absolute Gasteiger partial charge is 0.490 e. The molecular weight excluding hydrogens is 433 g/mol. The molecule has 6 nitrogen and oxygen atoms in total. The quantitative estimate of drug-likeness (QED) is 0.298. The van der Waals surface area contributed by atoms with Crippen molar-refractivity contribution in [3.05, 3.63) is 52.8 Å². The molecule has 0 spiro atoms. The predicted molar refractivity (Wildman–Crippen MR) is 122 cm³/mol. The SMILES string of the molecule is C#Cc1cc2nc(C)nc(NC(C)(C)c3cc(N)cc(C(F)(F)F)c3)c2cc1OCCOC. The Balaban J connectivity index is 2.08. The zero-order valence-electron chi connectivity index (χ0n) is 18.8. The topological polar surface area (TPSA) is 82.3 Å². The first-order chi connectivity index (χ1) is 15.4. The summed E-state index contributed by atoms with van der Waals surface area (Å²) in [5.41, 5.74) is 5.48. The highest BCUT2D eigenvalue weighted by Crippen LogP contribution is 2.36. The number of rotatable bonds is 7. The van der Waals surface area contributed by atoms with Gasteiger partial charge < -0.3 is 20.5 Å². The summed E-state index contributed by atoms with van der Waals surface area (Å²) in [6.07, 6.45) is 1.12. The van der Waals surface area contributed by atoms with Crippen LogP contribution in [0.15, 0.2) is 30.3 Å². The molecule has 0 unspecified atom stereocenters. The number of terminal acetylenes is 1. The Bertz CT molecular complexity index is 1220. The first-order valence-corrected chi connectivity index (χ1v) is 10.1. The molecule has 0 fully saturated rings. The average molecular weight is 458 g/mol. The summed E-state index contributed by atoms with van der Waals surface area (Å²) in [6, 6.07) is 6.93. The molecule has 0 amide bonds. The second kappa shape index (κ2) is 9.16. The minimum atomic E-state index is -4.52. The number of nitrogens with zero attached hydrogens (tertiary/aromatic N) is 2. The van der Waals surface area contributed by atoms with E-state index >= 15 is 0 Å². The minimum Gasteiger partial charge on any atom is -0.490 e. The van der Waals surface area contributed by atoms with E-state index in [2.05, 4.69) is 21.2 Å². The molecule has 0 atom stereocenters. The van der Waals surface area contributed by atoms with Gasteiger partial charge >= 0.3 is 6.18 Å². The number of methoxy groups -OCH3 is 1. The highest BCUT2D eigenvalue weighted by atomic mass is 19.4. The molecule has 3 aromatic rings. The molecule has 0 aliphatic rings. The summed E-state index contributed by atoms with van der Waals surface area (Å²) < 4.78 is 50.8. The van der Waals surface area contributed by atoms with E-state index in [1.807, 2.05) is 0 Å². The lowest BCUT2D eigenvalue weighted by Crippen LogP contribution is -2.29. The molecule has 0 aliphatic carbocycles. The standard InChI is InChI=1S/C24H25F3N4O2/c1-6-15-9-20-19(13-21(15)33-8-7-32-5)22(30-14(2)29-20)31-23(3,4)16-10-17(24(25,26)27)12-18(28)11-16/h1,9-13H,7-8,28H2,2-5H3,(H,29,30,31). The van der Waals surface area contributed by atoms with Crippen LogP contribution in [-0.2, 0) is 16.5 Å². The third-order valence-electron chi connectivity index (χ3n) is 5.04. The van der Waals surface area contributed by atoms with Crippen molar-refractivity contribution >= 4 is 22.4 Å². The van der Waals surface area contributed by atoms with Crippen LogP contribution in [0.4, 0.5) is 24.7 Å². The van der Waals surface area contributed by atoms with Crippen molar-refractivity contribution in [3.8, 4) is 18.1 Å². The monoisotopic (exact) mass is 458 g/mol. The fourth-order valence-electron chi connectivity index (χ4n) is 3.38. The van der Waals surface area contributed by atoms with E-state index in [4.69, 9.17) is 21.6 Å². The number of fused-ring (bicyclic) bond motifs is 1. The second-order valence-electron chi connectivity index (χ2n) is 8.06. The fourth-order valence-corrected chi connectivity index (χ4v) is 3.38. The first kappa shape index (κ1) is 24.1. The maximum atomic E-state index is 13.3. The second-order valence-corrected chi connectivity index (χ2v) is 8.06. The van der Waals surface area contributed by atoms with Crippen LogP contribution in [0.2, 0.25) is 0 Å². The van der Waals surface area contributed by atoms with Crippen molar-refractivity contribution in [3.63, 3.8) is 0 Å². The summed E-state index contributed by atoms with van der Waals surface area (Å²) in [5.74, 6) is 3.95. The Morgan fingerprint density at radius 3 is 2.39 bits per heavy atom. The average Bonchev–Trinajstić information content (AvgIpc) is 2.72. The van der Waals surface area contributed by atoms with Gasteiger partial charge in [-0.25, -0.2) is 9.97 Å². The van der Waals surface area contributed by atoms with Gasteiger partial charge in [0, 0.05) is 18.2 Å². The third kappa shape index (κ3) is 5.46. The van der Waals surface area contributed by atoms with E-state index in [-0.39, 0.29) is 5.69 Å². The van der Waals surface area contributed by atoms with Crippen LogP contribution in [0.1, 0.15) is 36.4 Å². The zero-order valence-corrected chi connectivity index (χ0v) is 18.8. The van der Waals surface area contributed by atoms with Gasteiger partial charge in [-0.2, -0.15) is 13.2 Å². The van der Waals surface area contributed by atoms with E-state index in [0.717, 1.165) is 12.1 Å². The molecule has 0 bridgehead atoms. The molecule has 0 aliphatic heterocycles. The predicted octanol–water partition coefficient (Wildman–Crippen LogP) is 4.89. The van der Waals surface area contributed by atoms with Crippen LogP contribution >= 0.6 is 0 Å². The molecular formula is C24H25F3N4O2. The number of anilines is 2. The number of hydrogen-bond donors (Lipinski definition) is 2. The van der Waals surface area contributed by atoms with Gasteiger partial charge in [-0.15, -0.1) is 6.42 Å². The molecule has 3 rings (SSSR count). The van der Waals surface area contributed by atoms with Gasteiger partial charge in [0.25, 0.3) is 0 Å². The van der Waals surface area contributed by atoms with Crippen molar-refractivity contribution in [1.82, 2.24) is 9.97 Å². The Labute approximate surface area is 190 Å². The summed E-state index contributed by atoms with van der Waals surface area (Å²) in [6.45, 7) is 5.88. The van der Waals surface area contributed by atoms with Crippen molar-refractivity contribution in [1.29, 1.82) is 0 Å². The number of halogens is 3. The van der Waals surface area contributed by atoms with Crippen LogP contribution < -0.4 is 15.8 Å². The van der Waals surface area contributed by atoms with E-state index < -0.39 is 17.3 Å². The number of alkyl halides is 3. The lowest BCUT2D eigenvalue weighted by molar-refractivity contribution is -0.137. The zero-order chi connectivity index (χ0) is 24.4. The lowest BCUT2D eigenvalue weighted by atomic mass is 9.91. The van der Waals surface area contributed by atoms with E-state index in [1.165, 1.54) is 6.07 Å². The normalized spacial score (nSPS) is 11.9. The van der Waals surface area contributed by atoms with Crippen LogP contribution in [0, 0.1) is 19.3 Å². The Morgan fingerprint density at radius 2 is 1.76 bits per heavy atom. The molecule has 0 saturated heterocycles. The number of nitrogen functional groups attached to an aromatic ring is 1. The van der Waals surface area contributed by atoms with Gasteiger partial charge in [-0.3, -0.25) is 0 Å². The van der Waals surface area contributed by atoms with Crippen molar-refractivity contribution in [2.24, 2.45) is 0 Å². The molecule has 9 heteroatoms. The Hall–Kier alpha value is -3.51. The van der Waals surface area contributed by atoms with E-state index in [1.54, 1.807) is 40.0 Å². The van der Waals surface area contributed by atoms with Crippen molar-refractivity contribution in [2.45, 2.75) is 32.5 Å². The number of hydrogen-bond acceptors (Lipinski definition) is 6. The summed E-state index contributed by atoms with van der Waals surface area (Å²) in [5, 5.41) is 3.86. The smallest absolute Gasteiger partial charge is 0.416 e. The summed E-state index contributed by atoms with van der Waals surface area (Å²) in [4.78, 5) is 8.94. The maximum absolute atomic E-state index is 13.3. The van der Waals surface area contributed by atoms with Gasteiger partial charge in [-0.05, 0) is 56.7 Å². The maximum Gasteiger partial charge on any atom is 0.416 e. The first-order valence-electron chi connectivity index (χ1n) is 10.1. The van der Waals surface area contributed by atoms with Gasteiger partial charge in [0.1, 0.15) is 24.0 Å². The molecule has 33 heavy (non-hydrogen) atoms. The number of aromatic nitrogens is 2. The van der Waals surface area contributed by atoms with Gasteiger partial charge in [0.05, 0.1) is 28.8 Å². The number of aryl methyl sites for hydroxylation is 1. The number of ether oxygens (including phenoxy) is 2. The fraction of sp³-hybridized carbons (Fsp3) is 0.333. The van der Waals surface area contributed by atoms with Gasteiger partial charge in [0.2, 0.25) is 0 Å². The van der Waals surface area contributed by atoms with Crippen LogP contribution in [0.5, 0.6) is 5.75 Å². The van der Waals surface area contributed by atoms with Gasteiger partial charge in [0.15, 0.2) is 0 Å². The molecule has 0 saturated carbocycles. The van der Waals surface area contributed by atoms with Crippen LogP contribution in [-0.4, -0.2) is 30.3 Å². The Morgan fingerprint density at radius 1 is 1.06 bits per heavy atom. The van der Waals surface area contributed by atoms with Crippen LogP contribution in [0.25, 0.3) is 10.9 Å². The summed E-state index contributed by atoms with van der Waals surface area (Å²) in [7, 11) is 1.56. The number of nitrogens with two attached hydrogens (primary N) is 1. The molecule has 1 aromatic heterocycles. The van der Waals surface area contributed by atoms with Crippen molar-refractivity contribution < 1.29 is 22.6 Å². The minimum absolute atomic E-state index is 0.0194. The van der Waals surface area contributed by atoms with E-state index in [9.17, 15) is 13.2 Å². The number of benzene rings is 2. The van der Waals surface area contributed by atoms with Gasteiger partial charge in [-0.1, -0.05) is 5.92 Å².